The van der Waals surface area contributed by atoms with Gasteiger partial charge in [0, 0.05) is 42.3 Å². The third-order valence-electron chi connectivity index (χ3n) is 4.91. The number of piperazine rings is 1. The summed E-state index contributed by atoms with van der Waals surface area (Å²) in [7, 11) is 2.14. The van der Waals surface area contributed by atoms with Gasteiger partial charge in [-0.15, -0.1) is 0 Å². The fraction of sp³-hybridized carbons (Fsp3) is 0.368. The Labute approximate surface area is 155 Å². The van der Waals surface area contributed by atoms with Gasteiger partial charge in [0.15, 0.2) is 11.5 Å². The molecular formula is C19H21BrN2O3. The first-order valence-electron chi connectivity index (χ1n) is 8.42. The summed E-state index contributed by atoms with van der Waals surface area (Å²) in [5.74, 6) is 1.55. The van der Waals surface area contributed by atoms with Crippen LogP contribution in [0.4, 0.5) is 0 Å². The number of rotatable bonds is 3. The molecule has 1 saturated heterocycles. The standard InChI is InChI=1S/C19H21BrN2O3/c1-21-6-8-22(9-7-21)19(13-2-4-14(20)5-3-13)15-10-17-18(11-16(15)23)25-12-24-17/h2-5,10-11,19,23H,6-9,12H2,1H3/t19-/m1/s1. The van der Waals surface area contributed by atoms with E-state index in [0.717, 1.165) is 41.8 Å². The minimum atomic E-state index is -0.0173. The first-order chi connectivity index (χ1) is 12.1. The van der Waals surface area contributed by atoms with Crippen molar-refractivity contribution in [2.75, 3.05) is 40.0 Å². The lowest BCUT2D eigenvalue weighted by Gasteiger charge is -2.38. The van der Waals surface area contributed by atoms with E-state index in [2.05, 4.69) is 44.9 Å². The molecule has 25 heavy (non-hydrogen) atoms. The summed E-state index contributed by atoms with van der Waals surface area (Å²) >= 11 is 3.50. The number of phenolic OH excluding ortho intramolecular Hbond substituents is 1. The van der Waals surface area contributed by atoms with Crippen molar-refractivity contribution in [2.24, 2.45) is 0 Å². The highest BCUT2D eigenvalue weighted by Gasteiger charge is 2.29. The molecule has 0 spiro atoms. The van der Waals surface area contributed by atoms with Crippen LogP contribution in [0.3, 0.4) is 0 Å². The van der Waals surface area contributed by atoms with Gasteiger partial charge in [-0.1, -0.05) is 28.1 Å². The average Bonchev–Trinajstić information content (AvgIpc) is 3.05. The monoisotopic (exact) mass is 404 g/mol. The van der Waals surface area contributed by atoms with Gasteiger partial charge >= 0.3 is 0 Å². The van der Waals surface area contributed by atoms with E-state index in [0.29, 0.717) is 11.5 Å². The number of aromatic hydroxyl groups is 1. The predicted octanol–water partition coefficient (Wildman–Crippen LogP) is 3.22. The van der Waals surface area contributed by atoms with Crippen LogP contribution in [0.1, 0.15) is 17.2 Å². The summed E-state index contributed by atoms with van der Waals surface area (Å²) in [4.78, 5) is 4.75. The van der Waals surface area contributed by atoms with Crippen LogP contribution in [0, 0.1) is 0 Å². The van der Waals surface area contributed by atoms with Crippen LogP contribution >= 0.6 is 15.9 Å². The Bertz CT molecular complexity index is 758. The highest BCUT2D eigenvalue weighted by Crippen LogP contribution is 2.43. The number of hydrogen-bond acceptors (Lipinski definition) is 5. The van der Waals surface area contributed by atoms with Gasteiger partial charge in [0.25, 0.3) is 0 Å². The van der Waals surface area contributed by atoms with Gasteiger partial charge in [-0.2, -0.15) is 0 Å². The van der Waals surface area contributed by atoms with E-state index in [4.69, 9.17) is 9.47 Å². The molecule has 0 bridgehead atoms. The van der Waals surface area contributed by atoms with E-state index >= 15 is 0 Å². The summed E-state index contributed by atoms with van der Waals surface area (Å²) in [5, 5.41) is 10.7. The maximum absolute atomic E-state index is 10.7. The third kappa shape index (κ3) is 3.34. The third-order valence-corrected chi connectivity index (χ3v) is 5.43. The van der Waals surface area contributed by atoms with E-state index < -0.39 is 0 Å². The number of hydrogen-bond donors (Lipinski definition) is 1. The minimum Gasteiger partial charge on any atom is -0.507 e. The second-order valence-corrected chi connectivity index (χ2v) is 7.47. The first-order valence-corrected chi connectivity index (χ1v) is 9.21. The lowest BCUT2D eigenvalue weighted by molar-refractivity contribution is 0.126. The van der Waals surface area contributed by atoms with Crippen LogP contribution in [-0.4, -0.2) is 54.9 Å². The summed E-state index contributed by atoms with van der Waals surface area (Å²) in [6.07, 6.45) is 0. The van der Waals surface area contributed by atoms with Crippen LogP contribution in [0.15, 0.2) is 40.9 Å². The van der Waals surface area contributed by atoms with Crippen LogP contribution in [0.25, 0.3) is 0 Å². The topological polar surface area (TPSA) is 45.2 Å². The molecule has 0 aliphatic carbocycles. The SMILES string of the molecule is CN1CCN([C@H](c2ccc(Br)cc2)c2cc3c(cc2O)OCO3)CC1. The number of nitrogens with zero attached hydrogens (tertiary/aromatic N) is 2. The molecule has 1 fully saturated rings. The van der Waals surface area contributed by atoms with Gasteiger partial charge < -0.3 is 19.5 Å². The Morgan fingerprint density at radius 3 is 2.32 bits per heavy atom. The molecular weight excluding hydrogens is 384 g/mol. The zero-order valence-corrected chi connectivity index (χ0v) is 15.7. The molecule has 0 saturated carbocycles. The maximum Gasteiger partial charge on any atom is 0.231 e. The lowest BCUT2D eigenvalue weighted by atomic mass is 9.95. The van der Waals surface area contributed by atoms with Crippen molar-refractivity contribution >= 4 is 15.9 Å². The minimum absolute atomic E-state index is 0.0173. The van der Waals surface area contributed by atoms with Crippen molar-refractivity contribution in [3.63, 3.8) is 0 Å². The van der Waals surface area contributed by atoms with Gasteiger partial charge in [0.2, 0.25) is 6.79 Å². The number of fused-ring (bicyclic) bond motifs is 1. The number of likely N-dealkylation sites (N-methyl/N-ethyl adjacent to an activating group) is 1. The van der Waals surface area contributed by atoms with Gasteiger partial charge in [-0.05, 0) is 30.8 Å². The fourth-order valence-corrected chi connectivity index (χ4v) is 3.74. The highest BCUT2D eigenvalue weighted by molar-refractivity contribution is 9.10. The molecule has 1 atom stereocenters. The lowest BCUT2D eigenvalue weighted by Crippen LogP contribution is -2.46. The molecule has 0 unspecified atom stereocenters. The summed E-state index contributed by atoms with van der Waals surface area (Å²) in [6.45, 7) is 4.13. The van der Waals surface area contributed by atoms with Gasteiger partial charge in [-0.3, -0.25) is 4.90 Å². The zero-order valence-electron chi connectivity index (χ0n) is 14.1. The van der Waals surface area contributed by atoms with Gasteiger partial charge in [0.05, 0.1) is 6.04 Å². The van der Waals surface area contributed by atoms with E-state index in [1.165, 1.54) is 0 Å². The van der Waals surface area contributed by atoms with Crippen LogP contribution in [0.2, 0.25) is 0 Å². The summed E-state index contributed by atoms with van der Waals surface area (Å²) in [5.41, 5.74) is 2.01. The molecule has 2 heterocycles. The van der Waals surface area contributed by atoms with Crippen LogP contribution in [0.5, 0.6) is 17.2 Å². The summed E-state index contributed by atoms with van der Waals surface area (Å²) in [6, 6.07) is 11.9. The molecule has 2 aromatic carbocycles. The molecule has 6 heteroatoms. The predicted molar refractivity (Wildman–Crippen MR) is 99.3 cm³/mol. The van der Waals surface area contributed by atoms with Crippen molar-refractivity contribution in [3.8, 4) is 17.2 Å². The molecule has 132 valence electrons. The second kappa shape index (κ2) is 6.86. The molecule has 5 nitrogen and oxygen atoms in total. The number of halogens is 1. The van der Waals surface area contributed by atoms with E-state index in [-0.39, 0.29) is 18.6 Å². The molecule has 0 aromatic heterocycles. The van der Waals surface area contributed by atoms with E-state index in [9.17, 15) is 5.11 Å². The Balaban J connectivity index is 1.76. The maximum atomic E-state index is 10.7. The van der Waals surface area contributed by atoms with Crippen molar-refractivity contribution in [3.05, 3.63) is 52.0 Å². The smallest absolute Gasteiger partial charge is 0.231 e. The molecule has 2 aliphatic heterocycles. The average molecular weight is 405 g/mol. The Morgan fingerprint density at radius 2 is 1.64 bits per heavy atom. The number of phenols is 1. The van der Waals surface area contributed by atoms with Crippen molar-refractivity contribution < 1.29 is 14.6 Å². The number of benzene rings is 2. The first kappa shape index (κ1) is 16.7. The number of ether oxygens (including phenoxy) is 2. The fourth-order valence-electron chi connectivity index (χ4n) is 3.48. The molecule has 1 N–H and O–H groups in total. The molecule has 2 aliphatic rings. The molecule has 2 aromatic rings. The Morgan fingerprint density at radius 1 is 1.00 bits per heavy atom. The Kier molecular flexibility index (Phi) is 4.58. The summed E-state index contributed by atoms with van der Waals surface area (Å²) < 4.78 is 12.0. The van der Waals surface area contributed by atoms with Gasteiger partial charge in [0.1, 0.15) is 5.75 Å². The normalized spacial score (nSPS) is 19.1. The van der Waals surface area contributed by atoms with Crippen molar-refractivity contribution in [2.45, 2.75) is 6.04 Å². The molecule has 0 amide bonds. The van der Waals surface area contributed by atoms with Crippen LogP contribution in [-0.2, 0) is 0 Å². The zero-order chi connectivity index (χ0) is 17.4. The van der Waals surface area contributed by atoms with E-state index in [1.54, 1.807) is 6.07 Å². The van der Waals surface area contributed by atoms with Crippen molar-refractivity contribution in [1.29, 1.82) is 0 Å². The van der Waals surface area contributed by atoms with Crippen molar-refractivity contribution in [1.82, 2.24) is 9.80 Å². The van der Waals surface area contributed by atoms with Gasteiger partial charge in [-0.25, -0.2) is 0 Å². The largest absolute Gasteiger partial charge is 0.507 e. The molecule has 4 rings (SSSR count). The quantitative estimate of drug-likeness (QED) is 0.850. The second-order valence-electron chi connectivity index (χ2n) is 6.56. The highest BCUT2D eigenvalue weighted by atomic mass is 79.9. The van der Waals surface area contributed by atoms with E-state index in [1.807, 2.05) is 18.2 Å². The molecule has 0 radical (unpaired) electrons. The van der Waals surface area contributed by atoms with Crippen LogP contribution < -0.4 is 9.47 Å². The Hall–Kier alpha value is -1.76.